The number of amides is 1. The summed E-state index contributed by atoms with van der Waals surface area (Å²) in [7, 11) is 0. The molecule has 9 heteroatoms. The van der Waals surface area contributed by atoms with Crippen LogP contribution in [0.1, 0.15) is 39.9 Å². The van der Waals surface area contributed by atoms with Gasteiger partial charge in [-0.05, 0) is 57.5 Å². The van der Waals surface area contributed by atoms with Crippen LogP contribution in [0.5, 0.6) is 0 Å². The third-order valence-corrected chi connectivity index (χ3v) is 7.18. The molecule has 3 heterocycles. The second kappa shape index (κ2) is 10.00. The van der Waals surface area contributed by atoms with Gasteiger partial charge in [-0.3, -0.25) is 14.2 Å². The number of carbonyl (C=O) groups excluding carboxylic acids is 1. The highest BCUT2D eigenvalue weighted by molar-refractivity contribution is 6.35. The first-order valence-corrected chi connectivity index (χ1v) is 12.7. The largest absolute Gasteiger partial charge is 0.319 e. The highest BCUT2D eigenvalue weighted by Gasteiger charge is 2.20. The van der Waals surface area contributed by atoms with Crippen molar-refractivity contribution in [1.29, 1.82) is 0 Å². The molecule has 5 aromatic rings. The average Bonchev–Trinajstić information content (AvgIpc) is 3.38. The minimum atomic E-state index is -0.226. The lowest BCUT2D eigenvalue weighted by molar-refractivity contribution is 0.102. The number of carbonyl (C=O) groups is 1. The maximum absolute atomic E-state index is 13.7. The van der Waals surface area contributed by atoms with Crippen molar-refractivity contribution in [3.05, 3.63) is 93.0 Å². The summed E-state index contributed by atoms with van der Waals surface area (Å²) in [6, 6.07) is 14.9. The van der Waals surface area contributed by atoms with E-state index in [0.29, 0.717) is 33.5 Å². The molecule has 0 radical (unpaired) electrons. The van der Waals surface area contributed by atoms with E-state index in [4.69, 9.17) is 28.2 Å². The monoisotopic (exact) mass is 532 g/mol. The van der Waals surface area contributed by atoms with E-state index in [0.717, 1.165) is 45.7 Å². The van der Waals surface area contributed by atoms with Gasteiger partial charge >= 0.3 is 0 Å². The second-order valence-corrected chi connectivity index (χ2v) is 9.77. The van der Waals surface area contributed by atoms with Crippen LogP contribution in [0.3, 0.4) is 0 Å². The number of para-hydroxylation sites is 1. The van der Waals surface area contributed by atoms with Gasteiger partial charge in [-0.2, -0.15) is 10.2 Å². The Hall–Kier alpha value is -3.68. The highest BCUT2D eigenvalue weighted by atomic mass is 35.5. The zero-order valence-corrected chi connectivity index (χ0v) is 22.5. The van der Waals surface area contributed by atoms with Gasteiger partial charge in [-0.15, -0.1) is 0 Å². The third-order valence-electron chi connectivity index (χ3n) is 6.59. The standard InChI is InChI=1S/C28H26Cl2N6O/c1-5-35-17(3)23(14-31-35)26-13-22(21-8-6-7-9-25(21)32-26)28(37)33-27-16(2)34-36(18(27)4)15-19-10-11-20(29)12-24(19)30/h6-14H,5,15H2,1-4H3,(H,33,37). The number of hydrogen-bond acceptors (Lipinski definition) is 4. The number of anilines is 1. The molecule has 0 aliphatic carbocycles. The molecular formula is C28H26Cl2N6O. The predicted octanol–water partition coefficient (Wildman–Crippen LogP) is 6.85. The topological polar surface area (TPSA) is 77.6 Å². The molecule has 7 nitrogen and oxygen atoms in total. The molecule has 1 amide bonds. The third kappa shape index (κ3) is 4.72. The molecule has 188 valence electrons. The fourth-order valence-corrected chi connectivity index (χ4v) is 5.01. The Kier molecular flexibility index (Phi) is 6.75. The average molecular weight is 533 g/mol. The van der Waals surface area contributed by atoms with Gasteiger partial charge < -0.3 is 5.32 Å². The van der Waals surface area contributed by atoms with Crippen molar-refractivity contribution in [3.8, 4) is 11.3 Å². The van der Waals surface area contributed by atoms with Gasteiger partial charge in [0.2, 0.25) is 0 Å². The summed E-state index contributed by atoms with van der Waals surface area (Å²) in [5.41, 5.74) is 7.02. The first-order valence-electron chi connectivity index (χ1n) is 12.0. The van der Waals surface area contributed by atoms with E-state index >= 15 is 0 Å². The Morgan fingerprint density at radius 3 is 2.51 bits per heavy atom. The van der Waals surface area contributed by atoms with E-state index < -0.39 is 0 Å². The van der Waals surface area contributed by atoms with Gasteiger partial charge in [0, 0.05) is 33.2 Å². The van der Waals surface area contributed by atoms with Crippen LogP contribution < -0.4 is 5.32 Å². The summed E-state index contributed by atoms with van der Waals surface area (Å²) in [6.45, 7) is 9.08. The highest BCUT2D eigenvalue weighted by Crippen LogP contribution is 2.29. The zero-order chi connectivity index (χ0) is 26.3. The molecule has 0 bridgehead atoms. The molecule has 0 unspecified atom stereocenters. The van der Waals surface area contributed by atoms with Crippen molar-refractivity contribution < 1.29 is 4.79 Å². The molecule has 2 aromatic carbocycles. The normalized spacial score (nSPS) is 11.3. The molecule has 37 heavy (non-hydrogen) atoms. The van der Waals surface area contributed by atoms with Gasteiger partial charge in [-0.25, -0.2) is 4.98 Å². The van der Waals surface area contributed by atoms with Crippen LogP contribution in [0.15, 0.2) is 54.7 Å². The summed E-state index contributed by atoms with van der Waals surface area (Å²) >= 11 is 12.4. The smallest absolute Gasteiger partial charge is 0.256 e. The summed E-state index contributed by atoms with van der Waals surface area (Å²) in [4.78, 5) is 18.5. The van der Waals surface area contributed by atoms with E-state index in [1.165, 1.54) is 0 Å². The summed E-state index contributed by atoms with van der Waals surface area (Å²) in [5, 5.41) is 14.1. The molecule has 0 atom stereocenters. The molecule has 0 aliphatic rings. The zero-order valence-electron chi connectivity index (χ0n) is 21.0. The lowest BCUT2D eigenvalue weighted by atomic mass is 10.0. The quantitative estimate of drug-likeness (QED) is 0.259. The second-order valence-electron chi connectivity index (χ2n) is 8.92. The maximum atomic E-state index is 13.7. The van der Waals surface area contributed by atoms with E-state index in [2.05, 4.69) is 15.5 Å². The van der Waals surface area contributed by atoms with Crippen LogP contribution in [0.25, 0.3) is 22.2 Å². The number of aryl methyl sites for hydroxylation is 2. The Morgan fingerprint density at radius 2 is 1.78 bits per heavy atom. The lowest BCUT2D eigenvalue weighted by Crippen LogP contribution is -2.14. The van der Waals surface area contributed by atoms with Crippen molar-refractivity contribution >= 4 is 45.7 Å². The van der Waals surface area contributed by atoms with Crippen LogP contribution in [0, 0.1) is 20.8 Å². The van der Waals surface area contributed by atoms with Gasteiger partial charge in [0.1, 0.15) is 0 Å². The fourth-order valence-electron chi connectivity index (χ4n) is 4.54. The van der Waals surface area contributed by atoms with Gasteiger partial charge in [0.15, 0.2) is 0 Å². The number of fused-ring (bicyclic) bond motifs is 1. The number of aromatic nitrogens is 5. The Balaban J connectivity index is 1.51. The Bertz CT molecular complexity index is 1650. The Morgan fingerprint density at radius 1 is 1.00 bits per heavy atom. The van der Waals surface area contributed by atoms with Crippen LogP contribution in [0.4, 0.5) is 5.69 Å². The van der Waals surface area contributed by atoms with Crippen molar-refractivity contribution in [2.75, 3.05) is 5.32 Å². The van der Waals surface area contributed by atoms with Crippen LogP contribution in [-0.2, 0) is 13.1 Å². The van der Waals surface area contributed by atoms with Gasteiger partial charge in [-0.1, -0.05) is 47.5 Å². The first kappa shape index (κ1) is 25.0. The summed E-state index contributed by atoms with van der Waals surface area (Å²) < 4.78 is 3.75. The van der Waals surface area contributed by atoms with E-state index in [-0.39, 0.29) is 5.91 Å². The number of benzene rings is 2. The molecule has 3 aromatic heterocycles. The van der Waals surface area contributed by atoms with E-state index in [1.807, 2.05) is 73.5 Å². The molecule has 0 fully saturated rings. The molecule has 1 N–H and O–H groups in total. The number of nitrogens with one attached hydrogen (secondary N) is 1. The Labute approximate surface area is 225 Å². The van der Waals surface area contributed by atoms with Crippen molar-refractivity contribution in [2.24, 2.45) is 0 Å². The number of halogens is 2. The van der Waals surface area contributed by atoms with Crippen LogP contribution in [0.2, 0.25) is 10.0 Å². The van der Waals surface area contributed by atoms with Crippen LogP contribution >= 0.6 is 23.2 Å². The predicted molar refractivity (Wildman–Crippen MR) is 149 cm³/mol. The molecular weight excluding hydrogens is 507 g/mol. The number of nitrogens with zero attached hydrogens (tertiary/aromatic N) is 5. The summed E-state index contributed by atoms with van der Waals surface area (Å²) in [5.74, 6) is -0.226. The molecule has 5 rings (SSSR count). The van der Waals surface area contributed by atoms with E-state index in [1.54, 1.807) is 18.3 Å². The van der Waals surface area contributed by atoms with Gasteiger partial charge in [0.25, 0.3) is 5.91 Å². The summed E-state index contributed by atoms with van der Waals surface area (Å²) in [6.07, 6.45) is 1.80. The van der Waals surface area contributed by atoms with Crippen LogP contribution in [-0.4, -0.2) is 30.5 Å². The SMILES string of the molecule is CCn1ncc(-c2cc(C(=O)Nc3c(C)nn(Cc4ccc(Cl)cc4Cl)c3C)c3ccccc3n2)c1C. The lowest BCUT2D eigenvalue weighted by Gasteiger charge is -2.11. The van der Waals surface area contributed by atoms with E-state index in [9.17, 15) is 4.79 Å². The van der Waals surface area contributed by atoms with Gasteiger partial charge in [0.05, 0.1) is 46.6 Å². The van der Waals surface area contributed by atoms with Crippen molar-refractivity contribution in [1.82, 2.24) is 24.5 Å². The van der Waals surface area contributed by atoms with Crippen molar-refractivity contribution in [2.45, 2.75) is 40.8 Å². The number of rotatable bonds is 6. The van der Waals surface area contributed by atoms with Crippen molar-refractivity contribution in [3.63, 3.8) is 0 Å². The molecule has 0 aliphatic heterocycles. The minimum absolute atomic E-state index is 0.226. The molecule has 0 saturated heterocycles. The minimum Gasteiger partial charge on any atom is -0.319 e. The molecule has 0 saturated carbocycles. The fraction of sp³-hybridized carbons (Fsp3) is 0.214. The number of hydrogen-bond donors (Lipinski definition) is 1. The maximum Gasteiger partial charge on any atom is 0.256 e. The molecule has 0 spiro atoms. The number of pyridine rings is 1. The first-order chi connectivity index (χ1) is 17.8.